The minimum absolute atomic E-state index is 0.228. The number of rotatable bonds is 3. The summed E-state index contributed by atoms with van der Waals surface area (Å²) >= 11 is 0. The van der Waals surface area contributed by atoms with Crippen LogP contribution in [0.5, 0.6) is 0 Å². The molecule has 3 heterocycles. The van der Waals surface area contributed by atoms with Crippen molar-refractivity contribution >= 4 is 5.91 Å². The van der Waals surface area contributed by atoms with E-state index in [0.29, 0.717) is 5.82 Å². The number of pyridine rings is 1. The van der Waals surface area contributed by atoms with E-state index < -0.39 is 0 Å². The van der Waals surface area contributed by atoms with Gasteiger partial charge in [0.05, 0.1) is 5.69 Å². The number of allylic oxidation sites excluding steroid dienone is 1. The SMILES string of the molecule is Cc1cnc(-c2cccnc2)nc1C1CCCN(C(=O)C2=CCCC2)C1. The molecule has 0 aromatic carbocycles. The molecular weight excluding hydrogens is 324 g/mol. The van der Waals surface area contributed by atoms with Crippen molar-refractivity contribution in [3.63, 3.8) is 0 Å². The standard InChI is InChI=1S/C21H24N4O/c1-15-12-23-20(17-8-4-10-22-13-17)24-19(15)18-9-5-11-25(14-18)21(26)16-6-2-3-7-16/h4,6,8,10,12-13,18H,2-3,5,7,9,11,14H2,1H3. The van der Waals surface area contributed by atoms with Crippen LogP contribution < -0.4 is 0 Å². The Bertz CT molecular complexity index is 831. The van der Waals surface area contributed by atoms with E-state index in [0.717, 1.165) is 67.6 Å². The Morgan fingerprint density at radius 3 is 2.96 bits per heavy atom. The topological polar surface area (TPSA) is 59.0 Å². The fraction of sp³-hybridized carbons (Fsp3) is 0.429. The highest BCUT2D eigenvalue weighted by molar-refractivity contribution is 5.93. The number of carbonyl (C=O) groups is 1. The van der Waals surface area contributed by atoms with Crippen molar-refractivity contribution in [1.29, 1.82) is 0 Å². The number of likely N-dealkylation sites (tertiary alicyclic amines) is 1. The average Bonchev–Trinajstić information content (AvgIpc) is 3.23. The van der Waals surface area contributed by atoms with Gasteiger partial charge in [-0.2, -0.15) is 0 Å². The molecule has 5 heteroatoms. The lowest BCUT2D eigenvalue weighted by Gasteiger charge is -2.33. The van der Waals surface area contributed by atoms with Crippen LogP contribution in [0.1, 0.15) is 49.3 Å². The van der Waals surface area contributed by atoms with E-state index >= 15 is 0 Å². The average molecular weight is 348 g/mol. The van der Waals surface area contributed by atoms with Crippen molar-refractivity contribution in [1.82, 2.24) is 19.9 Å². The van der Waals surface area contributed by atoms with Crippen molar-refractivity contribution < 1.29 is 4.79 Å². The molecule has 0 saturated carbocycles. The molecule has 0 radical (unpaired) electrons. The molecule has 0 bridgehead atoms. The summed E-state index contributed by atoms with van der Waals surface area (Å²) in [5.74, 6) is 1.21. The summed E-state index contributed by atoms with van der Waals surface area (Å²) in [5, 5.41) is 0. The van der Waals surface area contributed by atoms with Gasteiger partial charge in [-0.25, -0.2) is 9.97 Å². The number of nitrogens with zero attached hydrogens (tertiary/aromatic N) is 4. The predicted octanol–water partition coefficient (Wildman–Crippen LogP) is 3.66. The van der Waals surface area contributed by atoms with Crippen LogP contribution in [0.4, 0.5) is 0 Å². The summed E-state index contributed by atoms with van der Waals surface area (Å²) in [6.07, 6.45) is 12.7. The maximum Gasteiger partial charge on any atom is 0.249 e. The second-order valence-corrected chi connectivity index (χ2v) is 7.22. The predicted molar refractivity (Wildman–Crippen MR) is 100 cm³/mol. The third-order valence-corrected chi connectivity index (χ3v) is 5.34. The van der Waals surface area contributed by atoms with Crippen LogP contribution >= 0.6 is 0 Å². The van der Waals surface area contributed by atoms with E-state index in [1.807, 2.05) is 23.2 Å². The fourth-order valence-corrected chi connectivity index (χ4v) is 3.96. The Balaban J connectivity index is 1.57. The van der Waals surface area contributed by atoms with E-state index in [2.05, 4.69) is 23.0 Å². The molecule has 1 aliphatic carbocycles. The number of amides is 1. The molecule has 1 unspecified atom stereocenters. The zero-order valence-electron chi connectivity index (χ0n) is 15.2. The number of aryl methyl sites for hydroxylation is 1. The van der Waals surface area contributed by atoms with Crippen LogP contribution in [-0.2, 0) is 4.79 Å². The lowest BCUT2D eigenvalue weighted by molar-refractivity contribution is -0.128. The van der Waals surface area contributed by atoms with Gasteiger partial charge in [0, 0.05) is 48.7 Å². The third kappa shape index (κ3) is 3.39. The minimum atomic E-state index is 0.228. The van der Waals surface area contributed by atoms with Crippen LogP contribution in [-0.4, -0.2) is 38.8 Å². The quantitative estimate of drug-likeness (QED) is 0.849. The molecule has 0 N–H and O–H groups in total. The van der Waals surface area contributed by atoms with Gasteiger partial charge in [-0.05, 0) is 56.7 Å². The first-order valence-electron chi connectivity index (χ1n) is 9.44. The Hall–Kier alpha value is -2.56. The second-order valence-electron chi connectivity index (χ2n) is 7.22. The highest BCUT2D eigenvalue weighted by Gasteiger charge is 2.29. The van der Waals surface area contributed by atoms with Crippen molar-refractivity contribution in [2.75, 3.05) is 13.1 Å². The molecule has 1 atom stereocenters. The number of hydrogen-bond donors (Lipinski definition) is 0. The zero-order chi connectivity index (χ0) is 17.9. The van der Waals surface area contributed by atoms with Crippen molar-refractivity contribution in [2.24, 2.45) is 0 Å². The van der Waals surface area contributed by atoms with Crippen molar-refractivity contribution in [3.05, 3.63) is 53.6 Å². The lowest BCUT2D eigenvalue weighted by Crippen LogP contribution is -2.40. The summed E-state index contributed by atoms with van der Waals surface area (Å²) in [6, 6.07) is 3.87. The maximum absolute atomic E-state index is 12.8. The number of aromatic nitrogens is 3. The van der Waals surface area contributed by atoms with E-state index in [9.17, 15) is 4.79 Å². The van der Waals surface area contributed by atoms with Gasteiger partial charge < -0.3 is 4.90 Å². The Kier molecular flexibility index (Phi) is 4.78. The van der Waals surface area contributed by atoms with Gasteiger partial charge in [0.1, 0.15) is 0 Å². The monoisotopic (exact) mass is 348 g/mol. The Labute approximate surface area is 154 Å². The third-order valence-electron chi connectivity index (χ3n) is 5.34. The van der Waals surface area contributed by atoms with Gasteiger partial charge in [-0.15, -0.1) is 0 Å². The van der Waals surface area contributed by atoms with Crippen LogP contribution in [0.25, 0.3) is 11.4 Å². The first kappa shape index (κ1) is 16.9. The molecule has 1 saturated heterocycles. The van der Waals surface area contributed by atoms with Crippen molar-refractivity contribution in [2.45, 2.75) is 44.9 Å². The molecule has 5 nitrogen and oxygen atoms in total. The van der Waals surface area contributed by atoms with E-state index in [-0.39, 0.29) is 11.8 Å². The molecular formula is C21H24N4O. The van der Waals surface area contributed by atoms with Crippen LogP contribution in [0.3, 0.4) is 0 Å². The smallest absolute Gasteiger partial charge is 0.249 e. The summed E-state index contributed by atoms with van der Waals surface area (Å²) in [4.78, 5) is 28.3. The van der Waals surface area contributed by atoms with E-state index in [1.165, 1.54) is 0 Å². The lowest BCUT2D eigenvalue weighted by atomic mass is 9.91. The fourth-order valence-electron chi connectivity index (χ4n) is 3.96. The van der Waals surface area contributed by atoms with Gasteiger partial charge in [-0.1, -0.05) is 6.08 Å². The van der Waals surface area contributed by atoms with Gasteiger partial charge in [0.2, 0.25) is 5.91 Å². The molecule has 1 aliphatic heterocycles. The molecule has 2 aromatic heterocycles. The Morgan fingerprint density at radius 2 is 2.19 bits per heavy atom. The van der Waals surface area contributed by atoms with Crippen LogP contribution in [0.2, 0.25) is 0 Å². The van der Waals surface area contributed by atoms with Gasteiger partial charge in [-0.3, -0.25) is 9.78 Å². The first-order chi connectivity index (χ1) is 12.7. The molecule has 1 fully saturated rings. The maximum atomic E-state index is 12.8. The van der Waals surface area contributed by atoms with Gasteiger partial charge in [0.15, 0.2) is 5.82 Å². The Morgan fingerprint density at radius 1 is 1.27 bits per heavy atom. The highest BCUT2D eigenvalue weighted by Crippen LogP contribution is 2.30. The number of piperidine rings is 1. The normalized spacial score (nSPS) is 20.1. The molecule has 4 rings (SSSR count). The van der Waals surface area contributed by atoms with Gasteiger partial charge >= 0.3 is 0 Å². The van der Waals surface area contributed by atoms with Crippen LogP contribution in [0, 0.1) is 6.92 Å². The minimum Gasteiger partial charge on any atom is -0.338 e. The largest absolute Gasteiger partial charge is 0.338 e. The summed E-state index contributed by atoms with van der Waals surface area (Å²) in [7, 11) is 0. The second kappa shape index (κ2) is 7.36. The summed E-state index contributed by atoms with van der Waals surface area (Å²) in [6.45, 7) is 3.66. The molecule has 26 heavy (non-hydrogen) atoms. The zero-order valence-corrected chi connectivity index (χ0v) is 15.2. The highest BCUT2D eigenvalue weighted by atomic mass is 16.2. The summed E-state index contributed by atoms with van der Waals surface area (Å²) in [5.41, 5.74) is 4.09. The van der Waals surface area contributed by atoms with Crippen LogP contribution in [0.15, 0.2) is 42.4 Å². The van der Waals surface area contributed by atoms with Gasteiger partial charge in [0.25, 0.3) is 0 Å². The number of hydrogen-bond acceptors (Lipinski definition) is 4. The first-order valence-corrected chi connectivity index (χ1v) is 9.44. The van der Waals surface area contributed by atoms with E-state index in [1.54, 1.807) is 12.4 Å². The summed E-state index contributed by atoms with van der Waals surface area (Å²) < 4.78 is 0. The molecule has 2 aliphatic rings. The van der Waals surface area contributed by atoms with Crippen molar-refractivity contribution in [3.8, 4) is 11.4 Å². The molecule has 2 aromatic rings. The molecule has 134 valence electrons. The molecule has 1 amide bonds. The molecule has 0 spiro atoms. The number of carbonyl (C=O) groups excluding carboxylic acids is 1. The van der Waals surface area contributed by atoms with E-state index in [4.69, 9.17) is 4.98 Å².